The summed E-state index contributed by atoms with van der Waals surface area (Å²) in [6.07, 6.45) is 0.316. The highest BCUT2D eigenvalue weighted by Gasteiger charge is 2.23. The summed E-state index contributed by atoms with van der Waals surface area (Å²) in [6, 6.07) is 0. The Hall–Kier alpha value is -0.820. The number of hydrogen-bond donors (Lipinski definition) is 0. The normalized spacial score (nSPS) is 15.0. The van der Waals surface area contributed by atoms with E-state index in [1.54, 1.807) is 4.90 Å². The molecule has 0 radical (unpaired) electrons. The smallest absolute Gasteiger partial charge is 0.230 e. The van der Waals surface area contributed by atoms with E-state index in [-0.39, 0.29) is 5.91 Å². The van der Waals surface area contributed by atoms with Crippen molar-refractivity contribution in [2.75, 3.05) is 32.1 Å². The van der Waals surface area contributed by atoms with Crippen molar-refractivity contribution in [3.8, 4) is 0 Å². The Labute approximate surface area is 103 Å². The molecule has 1 amide bonds. The molecule has 0 aromatic carbocycles. The van der Waals surface area contributed by atoms with Crippen LogP contribution in [-0.2, 0) is 9.53 Å². The molecule has 1 saturated heterocycles. The molecule has 1 aliphatic heterocycles. The molecule has 0 bridgehead atoms. The van der Waals surface area contributed by atoms with E-state index in [1.165, 1.54) is 11.8 Å². The van der Waals surface area contributed by atoms with Crippen molar-refractivity contribution in [2.45, 2.75) is 6.42 Å². The first-order valence-electron chi connectivity index (χ1n) is 4.81. The molecule has 1 fully saturated rings. The summed E-state index contributed by atoms with van der Waals surface area (Å²) in [5, 5.41) is 3.31. The Bertz CT molecular complexity index is 317. The van der Waals surface area contributed by atoms with E-state index in [0.717, 1.165) is 5.75 Å². The lowest BCUT2D eigenvalue weighted by molar-refractivity contribution is -0.127. The van der Waals surface area contributed by atoms with Crippen LogP contribution < -0.4 is 0 Å². The molecule has 1 heterocycles. The van der Waals surface area contributed by atoms with Crippen molar-refractivity contribution in [3.63, 3.8) is 0 Å². The summed E-state index contributed by atoms with van der Waals surface area (Å²) in [7, 11) is 0. The van der Waals surface area contributed by atoms with Crippen LogP contribution in [0.2, 0.25) is 0 Å². The van der Waals surface area contributed by atoms with E-state index in [0.29, 0.717) is 37.0 Å². The highest BCUT2D eigenvalue weighted by atomic mass is 32.2. The first-order chi connectivity index (χ1) is 7.75. The van der Waals surface area contributed by atoms with Crippen molar-refractivity contribution in [1.29, 1.82) is 0 Å². The van der Waals surface area contributed by atoms with E-state index in [1.807, 2.05) is 0 Å². The third-order valence-corrected chi connectivity index (χ3v) is 3.35. The first-order valence-corrected chi connectivity index (χ1v) is 6.21. The zero-order chi connectivity index (χ0) is 11.8. The van der Waals surface area contributed by atoms with Gasteiger partial charge in [-0.1, -0.05) is 29.1 Å². The van der Waals surface area contributed by atoms with Gasteiger partial charge in [-0.15, -0.1) is 0 Å². The van der Waals surface area contributed by atoms with Crippen LogP contribution in [0, 0.1) is 0 Å². The van der Waals surface area contributed by atoms with Crippen LogP contribution in [0.1, 0.15) is 6.42 Å². The lowest BCUT2D eigenvalue weighted by atomic mass is 10.4. The second kappa shape index (κ2) is 7.45. The Kier molecular flexibility index (Phi) is 6.17. The molecule has 0 aliphatic carbocycles. The maximum atomic E-state index is 11.6. The first kappa shape index (κ1) is 13.2. The molecule has 0 aromatic heterocycles. The molecule has 6 nitrogen and oxygen atoms in total. The van der Waals surface area contributed by atoms with E-state index in [4.69, 9.17) is 22.5 Å². The van der Waals surface area contributed by atoms with E-state index in [2.05, 4.69) is 10.0 Å². The van der Waals surface area contributed by atoms with Crippen molar-refractivity contribution in [2.24, 2.45) is 5.11 Å². The number of nitrogens with zero attached hydrogens (tertiary/aromatic N) is 4. The molecule has 0 aromatic rings. The highest BCUT2D eigenvalue weighted by molar-refractivity contribution is 8.23. The van der Waals surface area contributed by atoms with Crippen molar-refractivity contribution < 1.29 is 9.53 Å². The standard InChI is InChI=1S/C8H12N4O2S2/c9-11-10-2-5-14-4-1-7(13)12-3-6-16-8(12)15/h1-6H2. The van der Waals surface area contributed by atoms with Gasteiger partial charge >= 0.3 is 0 Å². The number of rotatable bonds is 6. The second-order valence-corrected chi connectivity index (χ2v) is 4.71. The van der Waals surface area contributed by atoms with Crippen LogP contribution in [-0.4, -0.2) is 47.2 Å². The summed E-state index contributed by atoms with van der Waals surface area (Å²) in [6.45, 7) is 1.67. The zero-order valence-corrected chi connectivity index (χ0v) is 10.3. The molecular formula is C8H12N4O2S2. The maximum absolute atomic E-state index is 11.6. The zero-order valence-electron chi connectivity index (χ0n) is 8.66. The van der Waals surface area contributed by atoms with Gasteiger partial charge in [0.15, 0.2) is 0 Å². The minimum absolute atomic E-state index is 0.00113. The largest absolute Gasteiger partial charge is 0.381 e. The summed E-state index contributed by atoms with van der Waals surface area (Å²) in [5.74, 6) is 0.876. The topological polar surface area (TPSA) is 78.3 Å². The Morgan fingerprint density at radius 2 is 2.50 bits per heavy atom. The molecule has 1 aliphatic rings. The van der Waals surface area contributed by atoms with Gasteiger partial charge in [-0.2, -0.15) is 0 Å². The van der Waals surface area contributed by atoms with Gasteiger partial charge in [0.1, 0.15) is 4.32 Å². The fourth-order valence-electron chi connectivity index (χ4n) is 1.17. The average Bonchev–Trinajstić information content (AvgIpc) is 2.69. The van der Waals surface area contributed by atoms with Gasteiger partial charge in [-0.25, -0.2) is 0 Å². The number of azide groups is 1. The van der Waals surface area contributed by atoms with Gasteiger partial charge in [-0.3, -0.25) is 9.69 Å². The van der Waals surface area contributed by atoms with Crippen LogP contribution in [0.15, 0.2) is 5.11 Å². The lowest BCUT2D eigenvalue weighted by Gasteiger charge is -2.14. The lowest BCUT2D eigenvalue weighted by Crippen LogP contribution is -2.31. The molecular weight excluding hydrogens is 248 g/mol. The van der Waals surface area contributed by atoms with Crippen LogP contribution in [0.25, 0.3) is 10.4 Å². The van der Waals surface area contributed by atoms with Gasteiger partial charge in [0.25, 0.3) is 0 Å². The second-order valence-electron chi connectivity index (χ2n) is 2.98. The number of amides is 1. The van der Waals surface area contributed by atoms with Crippen molar-refractivity contribution in [1.82, 2.24) is 4.90 Å². The highest BCUT2D eigenvalue weighted by Crippen LogP contribution is 2.18. The third-order valence-electron chi connectivity index (χ3n) is 1.92. The van der Waals surface area contributed by atoms with Crippen molar-refractivity contribution >= 4 is 34.2 Å². The predicted octanol–water partition coefficient (Wildman–Crippen LogP) is 1.56. The summed E-state index contributed by atoms with van der Waals surface area (Å²) in [5.41, 5.74) is 8.01. The average molecular weight is 260 g/mol. The third kappa shape index (κ3) is 4.36. The number of carbonyl (C=O) groups excluding carboxylic acids is 1. The molecule has 88 valence electrons. The number of ether oxygens (including phenoxy) is 1. The van der Waals surface area contributed by atoms with Crippen LogP contribution in [0.5, 0.6) is 0 Å². The van der Waals surface area contributed by atoms with Gasteiger partial charge in [0, 0.05) is 23.8 Å². The number of thiocarbonyl (C=S) groups is 1. The van der Waals surface area contributed by atoms with E-state index in [9.17, 15) is 4.79 Å². The van der Waals surface area contributed by atoms with E-state index < -0.39 is 0 Å². The molecule has 0 unspecified atom stereocenters. The minimum atomic E-state index is -0.00113. The monoisotopic (exact) mass is 260 g/mol. The Morgan fingerprint density at radius 1 is 1.69 bits per heavy atom. The number of carbonyl (C=O) groups is 1. The summed E-state index contributed by atoms with van der Waals surface area (Å²) >= 11 is 6.55. The molecule has 0 N–H and O–H groups in total. The predicted molar refractivity (Wildman–Crippen MR) is 66.2 cm³/mol. The quantitative estimate of drug-likeness (QED) is 0.239. The maximum Gasteiger partial charge on any atom is 0.230 e. The summed E-state index contributed by atoms with van der Waals surface area (Å²) in [4.78, 5) is 15.8. The summed E-state index contributed by atoms with van der Waals surface area (Å²) < 4.78 is 5.79. The fourth-order valence-corrected chi connectivity index (χ4v) is 2.41. The molecule has 0 atom stereocenters. The SMILES string of the molecule is [N-]=[N+]=NCCOCCC(=O)N1CCSC1=S. The molecule has 16 heavy (non-hydrogen) atoms. The van der Waals surface area contributed by atoms with Crippen LogP contribution in [0.4, 0.5) is 0 Å². The van der Waals surface area contributed by atoms with Gasteiger partial charge in [-0.05, 0) is 5.53 Å². The van der Waals surface area contributed by atoms with Gasteiger partial charge in [0.2, 0.25) is 5.91 Å². The Balaban J connectivity index is 2.10. The molecule has 1 rings (SSSR count). The van der Waals surface area contributed by atoms with Gasteiger partial charge < -0.3 is 4.74 Å². The number of hydrogen-bond acceptors (Lipinski definition) is 5. The van der Waals surface area contributed by atoms with Crippen LogP contribution in [0.3, 0.4) is 0 Å². The fraction of sp³-hybridized carbons (Fsp3) is 0.750. The molecule has 0 spiro atoms. The molecule has 0 saturated carbocycles. The van der Waals surface area contributed by atoms with Crippen molar-refractivity contribution in [3.05, 3.63) is 10.4 Å². The number of thioether (sulfide) groups is 1. The van der Waals surface area contributed by atoms with E-state index >= 15 is 0 Å². The molecule has 8 heteroatoms. The Morgan fingerprint density at radius 3 is 3.12 bits per heavy atom. The van der Waals surface area contributed by atoms with Crippen LogP contribution >= 0.6 is 24.0 Å². The minimum Gasteiger partial charge on any atom is -0.381 e. The van der Waals surface area contributed by atoms with Gasteiger partial charge in [0.05, 0.1) is 19.6 Å².